The van der Waals surface area contributed by atoms with Crippen molar-refractivity contribution in [3.63, 3.8) is 0 Å². The highest BCUT2D eigenvalue weighted by Crippen LogP contribution is 2.15. The van der Waals surface area contributed by atoms with Gasteiger partial charge in [-0.15, -0.1) is 6.42 Å². The first kappa shape index (κ1) is 27.8. The maximum atomic E-state index is 11.0. The lowest BCUT2D eigenvalue weighted by atomic mass is 10.3. The second-order valence-electron chi connectivity index (χ2n) is 6.37. The molecule has 180 valence electrons. The first-order chi connectivity index (χ1) is 15.7. The number of benzene rings is 1. The van der Waals surface area contributed by atoms with E-state index in [4.69, 9.17) is 39.6 Å². The Labute approximate surface area is 190 Å². The van der Waals surface area contributed by atoms with Crippen LogP contribution in [-0.4, -0.2) is 91.8 Å². The number of carbonyl (C=O) groups excluding carboxylic acids is 1. The van der Waals surface area contributed by atoms with E-state index in [1.54, 1.807) is 24.3 Å². The van der Waals surface area contributed by atoms with E-state index < -0.39 is 0 Å². The summed E-state index contributed by atoms with van der Waals surface area (Å²) in [5.41, 5.74) is 0.735. The van der Waals surface area contributed by atoms with E-state index in [9.17, 15) is 4.79 Å². The SMILES string of the molecule is C#CCOCCOCCOCCOCCOCCOCCOc1ccc(NC(C)=O)cc1. The molecule has 9 heteroatoms. The average Bonchev–Trinajstić information content (AvgIpc) is 2.78. The standard InChI is InChI=1S/C23H35NO8/c1-3-8-26-9-10-27-11-12-28-13-14-29-15-16-30-17-18-31-19-20-32-23-6-4-22(5-7-23)24-21(2)25/h1,4-7H,8-20H2,2H3,(H,24,25). The zero-order chi connectivity index (χ0) is 23.1. The Kier molecular flexibility index (Phi) is 18.0. The van der Waals surface area contributed by atoms with Crippen molar-refractivity contribution in [1.82, 2.24) is 0 Å². The predicted octanol–water partition coefficient (Wildman–Crippen LogP) is 1.76. The summed E-state index contributed by atoms with van der Waals surface area (Å²) in [5.74, 6) is 3.01. The molecule has 0 aliphatic heterocycles. The topological polar surface area (TPSA) is 93.7 Å². The Morgan fingerprint density at radius 1 is 0.719 bits per heavy atom. The summed E-state index contributed by atoms with van der Waals surface area (Å²) in [6, 6.07) is 7.17. The van der Waals surface area contributed by atoms with E-state index in [0.717, 1.165) is 11.4 Å². The van der Waals surface area contributed by atoms with Gasteiger partial charge in [0.05, 0.1) is 72.7 Å². The molecule has 0 unspecified atom stereocenters. The highest BCUT2D eigenvalue weighted by atomic mass is 16.6. The predicted molar refractivity (Wildman–Crippen MR) is 120 cm³/mol. The molecule has 0 fully saturated rings. The molecule has 1 N–H and O–H groups in total. The average molecular weight is 454 g/mol. The van der Waals surface area contributed by atoms with Crippen LogP contribution < -0.4 is 10.1 Å². The van der Waals surface area contributed by atoms with Crippen LogP contribution in [0.1, 0.15) is 6.92 Å². The zero-order valence-electron chi connectivity index (χ0n) is 18.8. The molecule has 1 rings (SSSR count). The molecule has 0 aromatic heterocycles. The van der Waals surface area contributed by atoms with Crippen LogP contribution in [0.25, 0.3) is 0 Å². The number of anilines is 1. The van der Waals surface area contributed by atoms with Crippen molar-refractivity contribution in [1.29, 1.82) is 0 Å². The lowest BCUT2D eigenvalue weighted by molar-refractivity contribution is -0.114. The van der Waals surface area contributed by atoms with Gasteiger partial charge < -0.3 is 38.5 Å². The molecule has 0 saturated heterocycles. The summed E-state index contributed by atoms with van der Waals surface area (Å²) in [5, 5.41) is 2.70. The van der Waals surface area contributed by atoms with Crippen LogP contribution in [-0.2, 0) is 33.2 Å². The smallest absolute Gasteiger partial charge is 0.221 e. The lowest BCUT2D eigenvalue weighted by Gasteiger charge is -2.09. The molecule has 0 bridgehead atoms. The van der Waals surface area contributed by atoms with Gasteiger partial charge in [-0.1, -0.05) is 5.92 Å². The molecule has 0 spiro atoms. The van der Waals surface area contributed by atoms with Gasteiger partial charge in [-0.25, -0.2) is 0 Å². The molecular formula is C23H35NO8. The summed E-state index contributed by atoms with van der Waals surface area (Å²) in [6.07, 6.45) is 5.06. The fraction of sp³-hybridized carbons (Fsp3) is 0.609. The first-order valence-electron chi connectivity index (χ1n) is 10.6. The molecule has 0 saturated carbocycles. The van der Waals surface area contributed by atoms with Crippen LogP contribution in [0.2, 0.25) is 0 Å². The molecule has 0 aliphatic rings. The fourth-order valence-electron chi connectivity index (χ4n) is 2.29. The van der Waals surface area contributed by atoms with Crippen molar-refractivity contribution in [3.8, 4) is 18.1 Å². The van der Waals surface area contributed by atoms with Gasteiger partial charge >= 0.3 is 0 Å². The molecule has 1 aromatic rings. The van der Waals surface area contributed by atoms with Crippen LogP contribution in [0.15, 0.2) is 24.3 Å². The normalized spacial score (nSPS) is 10.6. The van der Waals surface area contributed by atoms with E-state index in [0.29, 0.717) is 85.9 Å². The van der Waals surface area contributed by atoms with E-state index in [1.165, 1.54) is 6.92 Å². The molecule has 0 aliphatic carbocycles. The minimum atomic E-state index is -0.105. The van der Waals surface area contributed by atoms with Crippen LogP contribution in [0, 0.1) is 12.3 Å². The van der Waals surface area contributed by atoms with Gasteiger partial charge in [0.2, 0.25) is 5.91 Å². The van der Waals surface area contributed by atoms with Crippen molar-refractivity contribution in [2.75, 3.05) is 91.2 Å². The van der Waals surface area contributed by atoms with Crippen LogP contribution in [0.4, 0.5) is 5.69 Å². The second-order valence-corrected chi connectivity index (χ2v) is 6.37. The van der Waals surface area contributed by atoms with Gasteiger partial charge in [0.15, 0.2) is 0 Å². The maximum absolute atomic E-state index is 11.0. The van der Waals surface area contributed by atoms with E-state index in [2.05, 4.69) is 11.2 Å². The molecule has 1 aromatic carbocycles. The minimum absolute atomic E-state index is 0.105. The Morgan fingerprint density at radius 3 is 1.53 bits per heavy atom. The van der Waals surface area contributed by atoms with Gasteiger partial charge in [0.1, 0.15) is 19.0 Å². The quantitative estimate of drug-likeness (QED) is 0.222. The third kappa shape index (κ3) is 17.5. The molecule has 32 heavy (non-hydrogen) atoms. The fourth-order valence-corrected chi connectivity index (χ4v) is 2.29. The summed E-state index contributed by atoms with van der Waals surface area (Å²) in [7, 11) is 0. The van der Waals surface area contributed by atoms with Gasteiger partial charge in [0.25, 0.3) is 0 Å². The Hall–Kier alpha value is -2.19. The van der Waals surface area contributed by atoms with Gasteiger partial charge in [0, 0.05) is 12.6 Å². The number of rotatable bonds is 21. The number of carbonyl (C=O) groups is 1. The Bertz CT molecular complexity index is 617. The van der Waals surface area contributed by atoms with Crippen LogP contribution in [0.3, 0.4) is 0 Å². The van der Waals surface area contributed by atoms with Crippen molar-refractivity contribution in [2.45, 2.75) is 6.92 Å². The van der Waals surface area contributed by atoms with Crippen LogP contribution in [0.5, 0.6) is 5.75 Å². The van der Waals surface area contributed by atoms with Crippen molar-refractivity contribution in [2.24, 2.45) is 0 Å². The van der Waals surface area contributed by atoms with E-state index >= 15 is 0 Å². The number of amides is 1. The van der Waals surface area contributed by atoms with Crippen LogP contribution >= 0.6 is 0 Å². The monoisotopic (exact) mass is 453 g/mol. The van der Waals surface area contributed by atoms with E-state index in [1.807, 2.05) is 0 Å². The molecule has 0 atom stereocenters. The third-order valence-electron chi connectivity index (χ3n) is 3.72. The highest BCUT2D eigenvalue weighted by Gasteiger charge is 1.98. The summed E-state index contributed by atoms with van der Waals surface area (Å²) in [6.45, 7) is 7.70. The van der Waals surface area contributed by atoms with Crippen molar-refractivity contribution >= 4 is 11.6 Å². The summed E-state index contributed by atoms with van der Waals surface area (Å²) in [4.78, 5) is 11.0. The Balaban J connectivity index is 1.77. The lowest BCUT2D eigenvalue weighted by Crippen LogP contribution is -2.14. The van der Waals surface area contributed by atoms with Gasteiger partial charge in [-0.05, 0) is 24.3 Å². The van der Waals surface area contributed by atoms with Crippen molar-refractivity contribution in [3.05, 3.63) is 24.3 Å². The second kappa shape index (κ2) is 20.7. The maximum Gasteiger partial charge on any atom is 0.221 e. The summed E-state index contributed by atoms with van der Waals surface area (Å²) < 4.78 is 37.6. The Morgan fingerprint density at radius 2 is 1.12 bits per heavy atom. The number of terminal acetylenes is 1. The van der Waals surface area contributed by atoms with E-state index in [-0.39, 0.29) is 5.91 Å². The molecular weight excluding hydrogens is 418 g/mol. The first-order valence-corrected chi connectivity index (χ1v) is 10.6. The molecule has 1 amide bonds. The molecule has 0 heterocycles. The third-order valence-corrected chi connectivity index (χ3v) is 3.72. The molecule has 0 radical (unpaired) electrons. The van der Waals surface area contributed by atoms with Gasteiger partial charge in [-0.3, -0.25) is 4.79 Å². The minimum Gasteiger partial charge on any atom is -0.491 e. The highest BCUT2D eigenvalue weighted by molar-refractivity contribution is 5.88. The number of hydrogen-bond acceptors (Lipinski definition) is 8. The van der Waals surface area contributed by atoms with Crippen molar-refractivity contribution < 1.29 is 38.0 Å². The zero-order valence-corrected chi connectivity index (χ0v) is 18.8. The number of nitrogens with one attached hydrogen (secondary N) is 1. The largest absolute Gasteiger partial charge is 0.491 e. The summed E-state index contributed by atoms with van der Waals surface area (Å²) >= 11 is 0. The number of ether oxygens (including phenoxy) is 7. The molecule has 9 nitrogen and oxygen atoms in total. The number of hydrogen-bond donors (Lipinski definition) is 1. The van der Waals surface area contributed by atoms with Gasteiger partial charge in [-0.2, -0.15) is 0 Å².